The Morgan fingerprint density at radius 1 is 0.966 bits per heavy atom. The molecule has 0 aromatic heterocycles. The summed E-state index contributed by atoms with van der Waals surface area (Å²) in [6, 6.07) is 18.2. The Morgan fingerprint density at radius 3 is 2.21 bits per heavy atom. The van der Waals surface area contributed by atoms with E-state index in [1.54, 1.807) is 0 Å². The van der Waals surface area contributed by atoms with Gasteiger partial charge in [-0.2, -0.15) is 0 Å². The molecule has 8 nitrogen and oxygen atoms in total. The van der Waals surface area contributed by atoms with Gasteiger partial charge in [-0.1, -0.05) is 42.5 Å². The van der Waals surface area contributed by atoms with Gasteiger partial charge in [-0.25, -0.2) is 9.59 Å². The van der Waals surface area contributed by atoms with E-state index in [-0.39, 0.29) is 6.10 Å². The molecule has 3 N–H and O–H groups in total. The first-order valence-electron chi connectivity index (χ1n) is 9.16. The average molecular weight is 403 g/mol. The van der Waals surface area contributed by atoms with Gasteiger partial charge in [0.1, 0.15) is 12.4 Å². The first-order valence-corrected chi connectivity index (χ1v) is 9.16. The second kappa shape index (κ2) is 12.5. The Labute approximate surface area is 169 Å². The second-order valence-corrected chi connectivity index (χ2v) is 6.24. The fourth-order valence-corrected chi connectivity index (χ4v) is 2.46. The molecule has 1 aliphatic heterocycles. The number of ether oxygens (including phenoxy) is 3. The molecule has 0 spiro atoms. The number of morpholine rings is 1. The second-order valence-electron chi connectivity index (χ2n) is 6.24. The smallest absolute Gasteiger partial charge is 0.414 e. The van der Waals surface area contributed by atoms with Gasteiger partial charge in [0.15, 0.2) is 0 Å². The van der Waals surface area contributed by atoms with E-state index < -0.39 is 11.9 Å². The molecule has 0 saturated carbocycles. The van der Waals surface area contributed by atoms with Crippen molar-refractivity contribution in [1.82, 2.24) is 5.32 Å². The van der Waals surface area contributed by atoms with E-state index in [2.05, 4.69) is 17.4 Å². The zero-order valence-corrected chi connectivity index (χ0v) is 16.0. The van der Waals surface area contributed by atoms with Crippen LogP contribution in [0.5, 0.6) is 5.75 Å². The molecule has 1 heterocycles. The van der Waals surface area contributed by atoms with Crippen LogP contribution in [0, 0.1) is 0 Å². The highest BCUT2D eigenvalue weighted by Gasteiger charge is 2.13. The van der Waals surface area contributed by atoms with Crippen LogP contribution < -0.4 is 10.1 Å². The molecule has 2 aromatic rings. The maximum Gasteiger partial charge on any atom is 0.414 e. The molecule has 8 heteroatoms. The van der Waals surface area contributed by atoms with Crippen molar-refractivity contribution in [2.45, 2.75) is 19.3 Å². The van der Waals surface area contributed by atoms with Crippen molar-refractivity contribution in [2.75, 3.05) is 26.3 Å². The minimum Gasteiger partial charge on any atom is -0.489 e. The van der Waals surface area contributed by atoms with Crippen molar-refractivity contribution in [3.63, 3.8) is 0 Å². The summed E-state index contributed by atoms with van der Waals surface area (Å²) in [6.07, 6.45) is 0.164. The molecule has 1 atom stereocenters. The zero-order chi connectivity index (χ0) is 20.9. The van der Waals surface area contributed by atoms with Gasteiger partial charge in [-0.15, -0.1) is 0 Å². The Kier molecular flexibility index (Phi) is 9.64. The third-order valence-corrected chi connectivity index (χ3v) is 3.93. The SMILES string of the molecule is O=C(O)C(=O)O.c1ccc(COc2ccc(COCC3CNCCO3)cc2)cc1. The largest absolute Gasteiger partial charge is 0.489 e. The number of carboxylic acid groups (broad SMARTS) is 2. The predicted octanol–water partition coefficient (Wildman–Crippen LogP) is 1.93. The molecule has 3 rings (SSSR count). The van der Waals surface area contributed by atoms with Gasteiger partial charge >= 0.3 is 11.9 Å². The van der Waals surface area contributed by atoms with Gasteiger partial charge < -0.3 is 29.7 Å². The van der Waals surface area contributed by atoms with Gasteiger partial charge in [0.25, 0.3) is 0 Å². The Balaban J connectivity index is 0.000000438. The van der Waals surface area contributed by atoms with Gasteiger partial charge in [0.05, 0.1) is 25.9 Å². The monoisotopic (exact) mass is 403 g/mol. The van der Waals surface area contributed by atoms with Crippen LogP contribution >= 0.6 is 0 Å². The number of carbonyl (C=O) groups is 2. The summed E-state index contributed by atoms with van der Waals surface area (Å²) < 4.78 is 17.1. The molecule has 156 valence electrons. The topological polar surface area (TPSA) is 114 Å². The fourth-order valence-electron chi connectivity index (χ4n) is 2.46. The Bertz CT molecular complexity index is 731. The van der Waals surface area contributed by atoms with Crippen molar-refractivity contribution in [3.05, 3.63) is 65.7 Å². The molecular weight excluding hydrogens is 378 g/mol. The molecule has 1 unspecified atom stereocenters. The van der Waals surface area contributed by atoms with E-state index in [9.17, 15) is 0 Å². The molecule has 0 bridgehead atoms. The molecule has 0 radical (unpaired) electrons. The van der Waals surface area contributed by atoms with Crippen LogP contribution in [0.1, 0.15) is 11.1 Å². The van der Waals surface area contributed by atoms with Crippen LogP contribution in [0.2, 0.25) is 0 Å². The fraction of sp³-hybridized carbons (Fsp3) is 0.333. The number of rotatable bonds is 7. The number of aliphatic carboxylic acids is 2. The predicted molar refractivity (Wildman–Crippen MR) is 105 cm³/mol. The molecule has 0 aliphatic carbocycles. The van der Waals surface area contributed by atoms with Gasteiger partial charge in [0, 0.05) is 13.1 Å². The van der Waals surface area contributed by atoms with Crippen LogP contribution in [0.15, 0.2) is 54.6 Å². The summed E-state index contributed by atoms with van der Waals surface area (Å²) >= 11 is 0. The standard InChI is InChI=1S/C19H23NO3.C2H2O4/c1-2-4-16(5-3-1)14-23-18-8-6-17(7-9-18)13-21-15-19-12-20-10-11-22-19;3-1(4)2(5)6/h1-9,19-20H,10-15H2;(H,3,4)(H,5,6). The van der Waals surface area contributed by atoms with E-state index in [1.807, 2.05) is 42.5 Å². The van der Waals surface area contributed by atoms with Crippen LogP contribution in [0.3, 0.4) is 0 Å². The maximum atomic E-state index is 9.10. The third kappa shape index (κ3) is 9.20. The van der Waals surface area contributed by atoms with Gasteiger partial charge in [-0.05, 0) is 23.3 Å². The Morgan fingerprint density at radius 2 is 1.62 bits per heavy atom. The summed E-state index contributed by atoms with van der Waals surface area (Å²) in [4.78, 5) is 18.2. The van der Waals surface area contributed by atoms with Crippen molar-refractivity contribution in [1.29, 1.82) is 0 Å². The van der Waals surface area contributed by atoms with E-state index in [0.29, 0.717) is 19.8 Å². The summed E-state index contributed by atoms with van der Waals surface area (Å²) in [6.45, 7) is 4.37. The van der Waals surface area contributed by atoms with Crippen LogP contribution in [0.25, 0.3) is 0 Å². The molecule has 29 heavy (non-hydrogen) atoms. The molecule has 2 aromatic carbocycles. The third-order valence-electron chi connectivity index (χ3n) is 3.93. The first kappa shape index (κ1) is 22.4. The molecule has 1 aliphatic rings. The normalized spacial score (nSPS) is 15.7. The van der Waals surface area contributed by atoms with Crippen LogP contribution in [-0.2, 0) is 32.3 Å². The summed E-state index contributed by atoms with van der Waals surface area (Å²) in [5.41, 5.74) is 2.31. The van der Waals surface area contributed by atoms with Crippen molar-refractivity contribution in [3.8, 4) is 5.75 Å². The number of carboxylic acids is 2. The first-order chi connectivity index (χ1) is 14.0. The summed E-state index contributed by atoms with van der Waals surface area (Å²) in [7, 11) is 0. The molecule has 1 fully saturated rings. The number of benzene rings is 2. The molecule has 1 saturated heterocycles. The lowest BCUT2D eigenvalue weighted by Gasteiger charge is -2.23. The van der Waals surface area contributed by atoms with Crippen molar-refractivity contribution in [2.24, 2.45) is 0 Å². The average Bonchev–Trinajstić information content (AvgIpc) is 2.75. The van der Waals surface area contributed by atoms with Crippen LogP contribution in [0.4, 0.5) is 0 Å². The van der Waals surface area contributed by atoms with Crippen molar-refractivity contribution < 1.29 is 34.0 Å². The summed E-state index contributed by atoms with van der Waals surface area (Å²) in [5, 5.41) is 18.1. The quantitative estimate of drug-likeness (QED) is 0.601. The van der Waals surface area contributed by atoms with E-state index in [4.69, 9.17) is 34.0 Å². The maximum absolute atomic E-state index is 9.10. The minimum atomic E-state index is -1.82. The number of nitrogens with one attached hydrogen (secondary N) is 1. The highest BCUT2D eigenvalue weighted by atomic mass is 16.5. The van der Waals surface area contributed by atoms with E-state index >= 15 is 0 Å². The highest BCUT2D eigenvalue weighted by Crippen LogP contribution is 2.15. The zero-order valence-electron chi connectivity index (χ0n) is 16.0. The van der Waals surface area contributed by atoms with Crippen LogP contribution in [-0.4, -0.2) is 54.6 Å². The summed E-state index contributed by atoms with van der Waals surface area (Å²) in [5.74, 6) is -2.78. The highest BCUT2D eigenvalue weighted by molar-refractivity contribution is 6.27. The Hall–Kier alpha value is -2.94. The number of hydrogen-bond donors (Lipinski definition) is 3. The number of hydrogen-bond acceptors (Lipinski definition) is 6. The molecular formula is C21H25NO7. The lowest BCUT2D eigenvalue weighted by Crippen LogP contribution is -2.40. The van der Waals surface area contributed by atoms with Gasteiger partial charge in [0.2, 0.25) is 0 Å². The van der Waals surface area contributed by atoms with E-state index in [0.717, 1.165) is 31.0 Å². The lowest BCUT2D eigenvalue weighted by atomic mass is 10.2. The minimum absolute atomic E-state index is 0.164. The lowest BCUT2D eigenvalue weighted by molar-refractivity contribution is -0.159. The molecule has 0 amide bonds. The van der Waals surface area contributed by atoms with Crippen molar-refractivity contribution >= 4 is 11.9 Å². The van der Waals surface area contributed by atoms with E-state index in [1.165, 1.54) is 5.56 Å². The van der Waals surface area contributed by atoms with Gasteiger partial charge in [-0.3, -0.25) is 0 Å².